The first-order chi connectivity index (χ1) is 15.6. The number of aromatic amines is 1. The van der Waals surface area contributed by atoms with E-state index in [4.69, 9.17) is 28.2 Å². The maximum atomic E-state index is 6.56. The SMILES string of the molecule is CCCCNc1nc2c(-c3cc(-c4ccc(Cl)cc4Cl)c(-c4ncc[nH]4)s3)ncnc2s1. The van der Waals surface area contributed by atoms with Crippen molar-refractivity contribution in [2.75, 3.05) is 11.9 Å². The largest absolute Gasteiger partial charge is 0.361 e. The highest BCUT2D eigenvalue weighted by Gasteiger charge is 2.21. The lowest BCUT2D eigenvalue weighted by atomic mass is 10.1. The van der Waals surface area contributed by atoms with Gasteiger partial charge < -0.3 is 10.3 Å². The van der Waals surface area contributed by atoms with E-state index in [9.17, 15) is 0 Å². The number of fused-ring (bicyclic) bond motifs is 1. The fourth-order valence-electron chi connectivity index (χ4n) is 3.36. The van der Waals surface area contributed by atoms with Crippen molar-refractivity contribution in [1.29, 1.82) is 0 Å². The van der Waals surface area contributed by atoms with Gasteiger partial charge in [0.05, 0.1) is 9.75 Å². The minimum absolute atomic E-state index is 0.582. The molecular weight excluding hydrogens is 483 g/mol. The number of halogens is 2. The smallest absolute Gasteiger partial charge is 0.185 e. The fourth-order valence-corrected chi connectivity index (χ4v) is 5.84. The Morgan fingerprint density at radius 1 is 1.06 bits per heavy atom. The first-order valence-corrected chi connectivity index (χ1v) is 12.5. The Balaban J connectivity index is 1.64. The van der Waals surface area contributed by atoms with Gasteiger partial charge in [-0.3, -0.25) is 0 Å². The average Bonchev–Trinajstić information content (AvgIpc) is 3.52. The predicted octanol–water partition coefficient (Wildman–Crippen LogP) is 7.39. The highest BCUT2D eigenvalue weighted by atomic mass is 35.5. The first-order valence-electron chi connectivity index (χ1n) is 10.1. The summed E-state index contributed by atoms with van der Waals surface area (Å²) >= 11 is 15.8. The van der Waals surface area contributed by atoms with Gasteiger partial charge in [-0.15, -0.1) is 11.3 Å². The Hall–Kier alpha value is -2.52. The average molecular weight is 501 g/mol. The molecule has 4 aromatic heterocycles. The van der Waals surface area contributed by atoms with E-state index in [0.717, 1.165) is 67.3 Å². The maximum absolute atomic E-state index is 6.56. The molecule has 0 atom stereocenters. The molecule has 5 aromatic rings. The standard InChI is InChI=1S/C22H18Cl2N6S2/c1-2-3-6-27-22-30-18-17(28-11-29-21(18)32-22)16-10-14(13-5-4-12(23)9-15(13)24)19(31-16)20-25-7-8-26-20/h4-5,7-11H,2-3,6H2,1H3,(H,25,26)(H,27,30). The topological polar surface area (TPSA) is 79.4 Å². The van der Waals surface area contributed by atoms with E-state index < -0.39 is 0 Å². The zero-order valence-electron chi connectivity index (χ0n) is 17.0. The van der Waals surface area contributed by atoms with E-state index in [1.807, 2.05) is 12.1 Å². The molecule has 0 aliphatic rings. The second-order valence-electron chi connectivity index (χ2n) is 7.09. The Kier molecular flexibility index (Phi) is 6.10. The summed E-state index contributed by atoms with van der Waals surface area (Å²) in [5.74, 6) is 0.771. The Morgan fingerprint density at radius 3 is 2.75 bits per heavy atom. The van der Waals surface area contributed by atoms with Gasteiger partial charge in [0.2, 0.25) is 0 Å². The van der Waals surface area contributed by atoms with E-state index >= 15 is 0 Å². The van der Waals surface area contributed by atoms with Crippen LogP contribution in [-0.2, 0) is 0 Å². The molecule has 0 spiro atoms. The molecule has 32 heavy (non-hydrogen) atoms. The summed E-state index contributed by atoms with van der Waals surface area (Å²) < 4.78 is 0. The highest BCUT2D eigenvalue weighted by molar-refractivity contribution is 7.22. The summed E-state index contributed by atoms with van der Waals surface area (Å²) in [6.07, 6.45) is 7.35. The number of aromatic nitrogens is 5. The van der Waals surface area contributed by atoms with Crippen molar-refractivity contribution in [3.05, 3.63) is 53.0 Å². The van der Waals surface area contributed by atoms with Crippen molar-refractivity contribution in [2.24, 2.45) is 0 Å². The third kappa shape index (κ3) is 4.11. The molecule has 0 fully saturated rings. The van der Waals surface area contributed by atoms with Crippen LogP contribution in [0.25, 0.3) is 42.7 Å². The van der Waals surface area contributed by atoms with Gasteiger partial charge in [-0.25, -0.2) is 19.9 Å². The second kappa shape index (κ2) is 9.15. The molecule has 0 aliphatic heterocycles. The van der Waals surface area contributed by atoms with Crippen LogP contribution in [0.4, 0.5) is 5.13 Å². The van der Waals surface area contributed by atoms with Crippen LogP contribution >= 0.6 is 45.9 Å². The summed E-state index contributed by atoms with van der Waals surface area (Å²) in [7, 11) is 0. The number of thiophene rings is 1. The molecule has 1 aromatic carbocycles. The van der Waals surface area contributed by atoms with Gasteiger partial charge in [-0.1, -0.05) is 53.9 Å². The normalized spacial score (nSPS) is 11.3. The molecular formula is C22H18Cl2N6S2. The lowest BCUT2D eigenvalue weighted by Crippen LogP contribution is -1.99. The van der Waals surface area contributed by atoms with Crippen LogP contribution in [-0.4, -0.2) is 31.5 Å². The molecule has 5 rings (SSSR count). The van der Waals surface area contributed by atoms with Crippen molar-refractivity contribution in [1.82, 2.24) is 24.9 Å². The summed E-state index contributed by atoms with van der Waals surface area (Å²) in [6.45, 7) is 3.06. The Labute approximate surface area is 202 Å². The van der Waals surface area contributed by atoms with Crippen LogP contribution in [0.15, 0.2) is 43.0 Å². The predicted molar refractivity (Wildman–Crippen MR) is 135 cm³/mol. The van der Waals surface area contributed by atoms with Gasteiger partial charge >= 0.3 is 0 Å². The van der Waals surface area contributed by atoms with E-state index in [1.54, 1.807) is 47.5 Å². The van der Waals surface area contributed by atoms with E-state index in [2.05, 4.69) is 38.2 Å². The molecule has 4 heterocycles. The second-order valence-corrected chi connectivity index (χ2v) is 9.96. The fraction of sp³-hybridized carbons (Fsp3) is 0.182. The van der Waals surface area contributed by atoms with Crippen molar-refractivity contribution in [2.45, 2.75) is 19.8 Å². The molecule has 2 N–H and O–H groups in total. The van der Waals surface area contributed by atoms with Crippen LogP contribution in [0, 0.1) is 0 Å². The number of rotatable bonds is 7. The molecule has 0 unspecified atom stereocenters. The number of benzene rings is 1. The van der Waals surface area contributed by atoms with E-state index in [1.165, 1.54) is 0 Å². The van der Waals surface area contributed by atoms with E-state index in [0.29, 0.717) is 10.0 Å². The minimum Gasteiger partial charge on any atom is -0.361 e. The van der Waals surface area contributed by atoms with Crippen molar-refractivity contribution in [3.63, 3.8) is 0 Å². The van der Waals surface area contributed by atoms with Crippen LogP contribution in [0.3, 0.4) is 0 Å². The van der Waals surface area contributed by atoms with Gasteiger partial charge in [0.1, 0.15) is 28.2 Å². The third-order valence-electron chi connectivity index (χ3n) is 4.90. The Morgan fingerprint density at radius 2 is 1.97 bits per heavy atom. The monoisotopic (exact) mass is 500 g/mol. The zero-order chi connectivity index (χ0) is 22.1. The van der Waals surface area contributed by atoms with Crippen LogP contribution in [0.5, 0.6) is 0 Å². The van der Waals surface area contributed by atoms with Crippen LogP contribution in [0.1, 0.15) is 19.8 Å². The Bertz CT molecular complexity index is 1380. The zero-order valence-corrected chi connectivity index (χ0v) is 20.2. The number of nitrogens with one attached hydrogen (secondary N) is 2. The molecule has 0 radical (unpaired) electrons. The molecule has 0 bridgehead atoms. The molecule has 0 saturated carbocycles. The van der Waals surface area contributed by atoms with Crippen molar-refractivity contribution in [3.8, 4) is 32.4 Å². The first kappa shape index (κ1) is 21.3. The molecule has 0 saturated heterocycles. The minimum atomic E-state index is 0.582. The van der Waals surface area contributed by atoms with Gasteiger partial charge in [0.25, 0.3) is 0 Å². The summed E-state index contributed by atoms with van der Waals surface area (Å²) in [6, 6.07) is 7.60. The molecule has 162 valence electrons. The van der Waals surface area contributed by atoms with Gasteiger partial charge in [-0.2, -0.15) is 0 Å². The summed E-state index contributed by atoms with van der Waals surface area (Å²) in [4.78, 5) is 24.3. The number of anilines is 1. The van der Waals surface area contributed by atoms with Gasteiger partial charge in [-0.05, 0) is 24.6 Å². The maximum Gasteiger partial charge on any atom is 0.185 e. The lowest BCUT2D eigenvalue weighted by molar-refractivity contribution is 0.834. The number of imidazole rings is 1. The number of unbranched alkanes of at least 4 members (excludes halogenated alkanes) is 1. The number of H-pyrrole nitrogens is 1. The van der Waals surface area contributed by atoms with Crippen molar-refractivity contribution >= 4 is 61.4 Å². The van der Waals surface area contributed by atoms with Crippen molar-refractivity contribution < 1.29 is 0 Å². The molecule has 0 amide bonds. The van der Waals surface area contributed by atoms with Gasteiger partial charge in [0.15, 0.2) is 5.13 Å². The van der Waals surface area contributed by atoms with Crippen LogP contribution < -0.4 is 5.32 Å². The third-order valence-corrected chi connectivity index (χ3v) is 7.52. The lowest BCUT2D eigenvalue weighted by Gasteiger charge is -2.05. The molecule has 0 aliphatic carbocycles. The quantitative estimate of drug-likeness (QED) is 0.227. The van der Waals surface area contributed by atoms with Gasteiger partial charge in [0, 0.05) is 40.1 Å². The van der Waals surface area contributed by atoms with Crippen LogP contribution in [0.2, 0.25) is 10.0 Å². The number of hydrogen-bond donors (Lipinski definition) is 2. The number of thiazole rings is 1. The summed E-state index contributed by atoms with van der Waals surface area (Å²) in [5.41, 5.74) is 3.43. The summed E-state index contributed by atoms with van der Waals surface area (Å²) in [5, 5.41) is 5.43. The highest BCUT2D eigenvalue weighted by Crippen LogP contribution is 2.45. The molecule has 6 nitrogen and oxygen atoms in total. The number of nitrogens with zero attached hydrogens (tertiary/aromatic N) is 4. The molecule has 10 heteroatoms. The number of hydrogen-bond acceptors (Lipinski definition) is 7. The van der Waals surface area contributed by atoms with E-state index in [-0.39, 0.29) is 0 Å².